The van der Waals surface area contributed by atoms with Crippen LogP contribution in [0.5, 0.6) is 0 Å². The van der Waals surface area contributed by atoms with Crippen molar-refractivity contribution < 1.29 is 9.90 Å². The molecule has 1 aromatic heterocycles. The fraction of sp³-hybridized carbons (Fsp3) is 0.444. The van der Waals surface area contributed by atoms with Crippen LogP contribution in [0.25, 0.3) is 0 Å². The Morgan fingerprint density at radius 1 is 1.29 bits per heavy atom. The van der Waals surface area contributed by atoms with E-state index < -0.39 is 0 Å². The number of aromatic nitrogens is 2. The van der Waals surface area contributed by atoms with E-state index in [2.05, 4.69) is 24.3 Å². The molecule has 2 aromatic rings. The second-order valence-corrected chi connectivity index (χ2v) is 6.86. The molecule has 2 rings (SSSR count). The average Bonchev–Trinajstić information content (AvgIpc) is 2.88. The summed E-state index contributed by atoms with van der Waals surface area (Å²) >= 11 is 5.87. The lowest BCUT2D eigenvalue weighted by molar-refractivity contribution is 0.0907. The van der Waals surface area contributed by atoms with Gasteiger partial charge in [0.2, 0.25) is 0 Å². The van der Waals surface area contributed by atoms with Crippen molar-refractivity contribution in [2.24, 2.45) is 13.0 Å². The molecule has 5 nitrogen and oxygen atoms in total. The van der Waals surface area contributed by atoms with Crippen molar-refractivity contribution in [1.29, 1.82) is 0 Å². The van der Waals surface area contributed by atoms with E-state index in [0.717, 1.165) is 17.7 Å². The van der Waals surface area contributed by atoms with Gasteiger partial charge in [0.25, 0.3) is 5.91 Å². The normalized spacial score (nSPS) is 12.4. The van der Waals surface area contributed by atoms with Gasteiger partial charge in [0.1, 0.15) is 5.69 Å². The van der Waals surface area contributed by atoms with Crippen molar-refractivity contribution in [3.63, 3.8) is 0 Å². The summed E-state index contributed by atoms with van der Waals surface area (Å²) in [6, 6.07) is 8.83. The van der Waals surface area contributed by atoms with Gasteiger partial charge in [0, 0.05) is 12.1 Å². The van der Waals surface area contributed by atoms with Gasteiger partial charge in [-0.15, -0.1) is 0 Å². The van der Waals surface area contributed by atoms with E-state index in [0.29, 0.717) is 23.1 Å². The van der Waals surface area contributed by atoms with Crippen molar-refractivity contribution in [2.75, 3.05) is 6.61 Å². The van der Waals surface area contributed by atoms with Gasteiger partial charge in [0.15, 0.2) is 0 Å². The minimum Gasteiger partial charge on any atom is -0.394 e. The number of rotatable bonds is 7. The number of carbonyl (C=O) groups excluding carboxylic acids is 1. The van der Waals surface area contributed by atoms with E-state index in [-0.39, 0.29) is 18.6 Å². The van der Waals surface area contributed by atoms with E-state index in [1.807, 2.05) is 18.2 Å². The Morgan fingerprint density at radius 3 is 2.54 bits per heavy atom. The number of hydrogen-bond acceptors (Lipinski definition) is 3. The summed E-state index contributed by atoms with van der Waals surface area (Å²) in [4.78, 5) is 12.5. The smallest absolute Gasteiger partial charge is 0.269 e. The molecule has 6 heteroatoms. The first kappa shape index (κ1) is 18.5. The van der Waals surface area contributed by atoms with Crippen LogP contribution in [0.4, 0.5) is 0 Å². The SMILES string of the molecule is CC(C)Cc1cc(C(=O)NC(CO)Cc2ccc(Cl)cc2)n(C)n1. The molecule has 0 saturated heterocycles. The lowest BCUT2D eigenvalue weighted by Crippen LogP contribution is -2.39. The number of amides is 1. The van der Waals surface area contributed by atoms with Crippen molar-refractivity contribution >= 4 is 17.5 Å². The van der Waals surface area contributed by atoms with Crippen LogP contribution in [0.15, 0.2) is 30.3 Å². The van der Waals surface area contributed by atoms with E-state index in [1.54, 1.807) is 23.9 Å². The monoisotopic (exact) mass is 349 g/mol. The van der Waals surface area contributed by atoms with Gasteiger partial charge in [0.05, 0.1) is 18.3 Å². The highest BCUT2D eigenvalue weighted by atomic mass is 35.5. The number of benzene rings is 1. The predicted molar refractivity (Wildman–Crippen MR) is 95.2 cm³/mol. The van der Waals surface area contributed by atoms with Crippen molar-refractivity contribution in [2.45, 2.75) is 32.7 Å². The number of aliphatic hydroxyl groups excluding tert-OH is 1. The zero-order chi connectivity index (χ0) is 17.7. The Kier molecular flexibility index (Phi) is 6.40. The van der Waals surface area contributed by atoms with Gasteiger partial charge in [-0.3, -0.25) is 9.48 Å². The summed E-state index contributed by atoms with van der Waals surface area (Å²) < 4.78 is 1.59. The Labute approximate surface area is 147 Å². The number of aliphatic hydroxyl groups is 1. The fourth-order valence-corrected chi connectivity index (χ4v) is 2.71. The van der Waals surface area contributed by atoms with Crippen LogP contribution >= 0.6 is 11.6 Å². The molecule has 24 heavy (non-hydrogen) atoms. The van der Waals surface area contributed by atoms with Crippen LogP contribution in [0.1, 0.15) is 35.6 Å². The highest BCUT2D eigenvalue weighted by Crippen LogP contribution is 2.12. The summed E-state index contributed by atoms with van der Waals surface area (Å²) in [7, 11) is 1.76. The van der Waals surface area contributed by atoms with E-state index >= 15 is 0 Å². The quantitative estimate of drug-likeness (QED) is 0.807. The summed E-state index contributed by atoms with van der Waals surface area (Å²) in [5.74, 6) is 0.249. The van der Waals surface area contributed by atoms with Crippen molar-refractivity contribution in [3.8, 4) is 0 Å². The van der Waals surface area contributed by atoms with Crippen LogP contribution in [0.3, 0.4) is 0 Å². The van der Waals surface area contributed by atoms with Crippen molar-refractivity contribution in [1.82, 2.24) is 15.1 Å². The maximum absolute atomic E-state index is 12.5. The lowest BCUT2D eigenvalue weighted by atomic mass is 10.1. The van der Waals surface area contributed by atoms with E-state index in [1.165, 1.54) is 0 Å². The standard InChI is InChI=1S/C18H24ClN3O2/c1-12(2)8-15-10-17(22(3)21-15)18(24)20-16(11-23)9-13-4-6-14(19)7-5-13/h4-7,10,12,16,23H,8-9,11H2,1-3H3,(H,20,24). The number of nitrogens with zero attached hydrogens (tertiary/aromatic N) is 2. The van der Waals surface area contributed by atoms with Crippen LogP contribution < -0.4 is 5.32 Å². The minimum absolute atomic E-state index is 0.134. The molecule has 0 fully saturated rings. The summed E-state index contributed by atoms with van der Waals surface area (Å²) in [5.41, 5.74) is 2.40. The second kappa shape index (κ2) is 8.31. The molecule has 0 aliphatic rings. The molecular formula is C18H24ClN3O2. The van der Waals surface area contributed by atoms with Crippen LogP contribution in [0, 0.1) is 5.92 Å². The molecule has 0 aliphatic heterocycles. The third-order valence-electron chi connectivity index (χ3n) is 3.73. The first-order chi connectivity index (χ1) is 11.4. The number of halogens is 1. The number of hydrogen-bond donors (Lipinski definition) is 2. The molecule has 1 heterocycles. The van der Waals surface area contributed by atoms with Crippen LogP contribution in [-0.2, 0) is 19.9 Å². The highest BCUT2D eigenvalue weighted by Gasteiger charge is 2.18. The Hall–Kier alpha value is -1.85. The minimum atomic E-state index is -0.359. The first-order valence-corrected chi connectivity index (χ1v) is 8.46. The molecule has 1 aromatic carbocycles. The summed E-state index contributed by atoms with van der Waals surface area (Å²) in [5, 5.41) is 17.5. The van der Waals surface area contributed by atoms with E-state index in [9.17, 15) is 9.90 Å². The molecule has 0 saturated carbocycles. The molecule has 2 N–H and O–H groups in total. The van der Waals surface area contributed by atoms with Crippen LogP contribution in [0.2, 0.25) is 5.02 Å². The van der Waals surface area contributed by atoms with E-state index in [4.69, 9.17) is 11.6 Å². The zero-order valence-corrected chi connectivity index (χ0v) is 15.0. The Balaban J connectivity index is 2.03. The van der Waals surface area contributed by atoms with Crippen molar-refractivity contribution in [3.05, 3.63) is 52.3 Å². The molecule has 1 atom stereocenters. The Bertz CT molecular complexity index is 680. The second-order valence-electron chi connectivity index (χ2n) is 6.43. The molecule has 130 valence electrons. The molecule has 0 spiro atoms. The summed E-state index contributed by atoms with van der Waals surface area (Å²) in [6.07, 6.45) is 1.37. The molecular weight excluding hydrogens is 326 g/mol. The van der Waals surface area contributed by atoms with Gasteiger partial charge in [-0.2, -0.15) is 5.10 Å². The van der Waals surface area contributed by atoms with Crippen LogP contribution in [-0.4, -0.2) is 33.4 Å². The Morgan fingerprint density at radius 2 is 1.96 bits per heavy atom. The number of carbonyl (C=O) groups is 1. The molecule has 0 radical (unpaired) electrons. The molecule has 0 aliphatic carbocycles. The number of aryl methyl sites for hydroxylation is 1. The maximum Gasteiger partial charge on any atom is 0.269 e. The summed E-state index contributed by atoms with van der Waals surface area (Å²) in [6.45, 7) is 4.09. The van der Waals surface area contributed by atoms with Gasteiger partial charge >= 0.3 is 0 Å². The van der Waals surface area contributed by atoms with Gasteiger partial charge in [-0.25, -0.2) is 0 Å². The highest BCUT2D eigenvalue weighted by molar-refractivity contribution is 6.30. The van der Waals surface area contributed by atoms with Gasteiger partial charge in [-0.05, 0) is 42.5 Å². The third-order valence-corrected chi connectivity index (χ3v) is 3.98. The molecule has 1 unspecified atom stereocenters. The predicted octanol–water partition coefficient (Wildman–Crippen LogP) is 2.61. The largest absolute Gasteiger partial charge is 0.394 e. The molecule has 1 amide bonds. The maximum atomic E-state index is 12.5. The van der Waals surface area contributed by atoms with Gasteiger partial charge in [-0.1, -0.05) is 37.6 Å². The first-order valence-electron chi connectivity index (χ1n) is 8.08. The lowest BCUT2D eigenvalue weighted by Gasteiger charge is -2.16. The molecule has 0 bridgehead atoms. The topological polar surface area (TPSA) is 67.2 Å². The number of nitrogens with one attached hydrogen (secondary N) is 1. The fourth-order valence-electron chi connectivity index (χ4n) is 2.58. The average molecular weight is 350 g/mol. The zero-order valence-electron chi connectivity index (χ0n) is 14.3. The third kappa shape index (κ3) is 5.08. The van der Waals surface area contributed by atoms with Gasteiger partial charge < -0.3 is 10.4 Å².